The van der Waals surface area contributed by atoms with Crippen LogP contribution in [0.4, 0.5) is 0 Å². The van der Waals surface area contributed by atoms with E-state index in [4.69, 9.17) is 4.43 Å². The monoisotopic (exact) mass is 402 g/mol. The first-order chi connectivity index (χ1) is 13.2. The summed E-state index contributed by atoms with van der Waals surface area (Å²) in [4.78, 5) is 0. The van der Waals surface area contributed by atoms with Crippen molar-refractivity contribution in [3.05, 3.63) is 60.7 Å². The van der Waals surface area contributed by atoms with Crippen molar-refractivity contribution in [1.82, 2.24) is 0 Å². The Morgan fingerprint density at radius 2 is 1.29 bits per heavy atom. The quantitative estimate of drug-likeness (QED) is 0.563. The highest BCUT2D eigenvalue weighted by Crippen LogP contribution is 2.37. The van der Waals surface area contributed by atoms with Crippen LogP contribution in [0.1, 0.15) is 34.1 Å². The summed E-state index contributed by atoms with van der Waals surface area (Å²) in [6.07, 6.45) is 0.276. The lowest BCUT2D eigenvalue weighted by Gasteiger charge is -2.43. The molecule has 0 heterocycles. The van der Waals surface area contributed by atoms with Crippen molar-refractivity contribution in [2.75, 3.05) is 19.8 Å². The molecule has 2 aromatic carbocycles. The van der Waals surface area contributed by atoms with Gasteiger partial charge in [0.15, 0.2) is 0 Å². The Balaban J connectivity index is 2.42. The van der Waals surface area contributed by atoms with Gasteiger partial charge in [-0.3, -0.25) is 0 Å². The molecule has 0 radical (unpaired) electrons. The molecule has 0 aliphatic rings. The van der Waals surface area contributed by atoms with Gasteiger partial charge in [0.2, 0.25) is 0 Å². The molecular weight excluding hydrogens is 368 g/mol. The van der Waals surface area contributed by atoms with Crippen LogP contribution in [0.15, 0.2) is 60.7 Å². The van der Waals surface area contributed by atoms with Crippen LogP contribution in [0.2, 0.25) is 5.04 Å². The summed E-state index contributed by atoms with van der Waals surface area (Å²) < 4.78 is 6.83. The number of benzene rings is 2. The van der Waals surface area contributed by atoms with E-state index in [0.717, 1.165) is 0 Å². The van der Waals surface area contributed by atoms with Gasteiger partial charge in [-0.15, -0.1) is 0 Å². The molecule has 0 aliphatic heterocycles. The summed E-state index contributed by atoms with van der Waals surface area (Å²) in [5, 5.41) is 31.4. The second kappa shape index (κ2) is 9.33. The number of aliphatic hydroxyl groups excluding tert-OH is 2. The van der Waals surface area contributed by atoms with Gasteiger partial charge in [0, 0.05) is 6.61 Å². The summed E-state index contributed by atoms with van der Waals surface area (Å²) in [6, 6.07) is 20.8. The minimum Gasteiger partial charge on any atom is -0.407 e. The van der Waals surface area contributed by atoms with Gasteiger partial charge in [-0.05, 0) is 27.8 Å². The minimum atomic E-state index is -2.61. The van der Waals surface area contributed by atoms with Crippen molar-refractivity contribution in [2.24, 2.45) is 5.92 Å². The van der Waals surface area contributed by atoms with Gasteiger partial charge in [-0.25, -0.2) is 0 Å². The Hall–Kier alpha value is -1.50. The standard InChI is InChI=1S/C23H34O4Si/c1-19(15-23(26,17-24)18-25)16-27-28(22(2,3)4,20-11-7-5-8-12-20)21-13-9-6-10-14-21/h5-14,19,24-26H,15-18H2,1-4H3/t19-/m1/s1. The molecule has 28 heavy (non-hydrogen) atoms. The molecular formula is C23H34O4Si. The van der Waals surface area contributed by atoms with Gasteiger partial charge in [-0.1, -0.05) is 88.4 Å². The molecule has 0 saturated carbocycles. The molecule has 0 aromatic heterocycles. The fourth-order valence-corrected chi connectivity index (χ4v) is 8.61. The molecule has 1 atom stereocenters. The second-order valence-corrected chi connectivity index (χ2v) is 13.1. The first kappa shape index (κ1) is 22.8. The van der Waals surface area contributed by atoms with Gasteiger partial charge < -0.3 is 19.7 Å². The van der Waals surface area contributed by atoms with E-state index in [1.807, 2.05) is 19.1 Å². The first-order valence-electron chi connectivity index (χ1n) is 9.87. The van der Waals surface area contributed by atoms with Crippen molar-refractivity contribution >= 4 is 18.7 Å². The van der Waals surface area contributed by atoms with Crippen LogP contribution in [-0.2, 0) is 4.43 Å². The van der Waals surface area contributed by atoms with Gasteiger partial charge in [0.1, 0.15) is 5.60 Å². The molecule has 154 valence electrons. The second-order valence-electron chi connectivity index (χ2n) is 8.82. The lowest BCUT2D eigenvalue weighted by atomic mass is 9.93. The van der Waals surface area contributed by atoms with E-state index in [1.54, 1.807) is 0 Å². The summed E-state index contributed by atoms with van der Waals surface area (Å²) in [6.45, 7) is 8.16. The van der Waals surface area contributed by atoms with E-state index in [1.165, 1.54) is 10.4 Å². The highest BCUT2D eigenvalue weighted by atomic mass is 28.4. The van der Waals surface area contributed by atoms with Crippen LogP contribution >= 0.6 is 0 Å². The summed E-state index contributed by atoms with van der Waals surface area (Å²) in [5.74, 6) is -0.0223. The molecule has 0 aliphatic carbocycles. The smallest absolute Gasteiger partial charge is 0.261 e. The van der Waals surface area contributed by atoms with Gasteiger partial charge in [-0.2, -0.15) is 0 Å². The Labute approximate surface area is 170 Å². The Morgan fingerprint density at radius 3 is 1.64 bits per heavy atom. The van der Waals surface area contributed by atoms with Crippen LogP contribution in [-0.4, -0.2) is 49.1 Å². The van der Waals surface area contributed by atoms with E-state index in [0.29, 0.717) is 6.61 Å². The summed E-state index contributed by atoms with van der Waals surface area (Å²) in [5.41, 5.74) is -1.48. The molecule has 3 N–H and O–H groups in total. The van der Waals surface area contributed by atoms with Crippen molar-refractivity contribution in [3.63, 3.8) is 0 Å². The number of hydrogen-bond donors (Lipinski definition) is 3. The summed E-state index contributed by atoms with van der Waals surface area (Å²) in [7, 11) is -2.61. The largest absolute Gasteiger partial charge is 0.407 e. The third-order valence-corrected chi connectivity index (χ3v) is 10.3. The van der Waals surface area contributed by atoms with Crippen molar-refractivity contribution < 1.29 is 19.7 Å². The van der Waals surface area contributed by atoms with E-state index in [-0.39, 0.29) is 17.4 Å². The van der Waals surface area contributed by atoms with Crippen LogP contribution < -0.4 is 10.4 Å². The SMILES string of the molecule is C[C@@H](CO[Si](c1ccccc1)(c1ccccc1)C(C)(C)C)CC(O)(CO)CO. The lowest BCUT2D eigenvalue weighted by molar-refractivity contribution is -0.0716. The number of hydrogen-bond acceptors (Lipinski definition) is 4. The fourth-order valence-electron chi connectivity index (χ4n) is 3.92. The molecule has 2 rings (SSSR count). The van der Waals surface area contributed by atoms with Crippen LogP contribution in [0.5, 0.6) is 0 Å². The Bertz CT molecular complexity index is 669. The molecule has 0 fully saturated rings. The van der Waals surface area contributed by atoms with Gasteiger partial charge in [0.05, 0.1) is 13.2 Å². The van der Waals surface area contributed by atoms with Gasteiger partial charge in [0.25, 0.3) is 8.32 Å². The maximum atomic E-state index is 10.3. The summed E-state index contributed by atoms with van der Waals surface area (Å²) >= 11 is 0. The first-order valence-corrected chi connectivity index (χ1v) is 11.8. The van der Waals surface area contributed by atoms with E-state index < -0.39 is 27.1 Å². The third-order valence-electron chi connectivity index (χ3n) is 5.32. The molecule has 2 aromatic rings. The third kappa shape index (κ3) is 4.91. The zero-order chi connectivity index (χ0) is 20.8. The van der Waals surface area contributed by atoms with E-state index in [9.17, 15) is 15.3 Å². The highest BCUT2D eigenvalue weighted by Gasteiger charge is 2.50. The molecule has 0 saturated heterocycles. The lowest BCUT2D eigenvalue weighted by Crippen LogP contribution is -2.67. The van der Waals surface area contributed by atoms with Crippen LogP contribution in [0.25, 0.3) is 0 Å². The Kier molecular flexibility index (Phi) is 7.59. The normalized spacial score (nSPS) is 14.1. The van der Waals surface area contributed by atoms with Crippen molar-refractivity contribution in [2.45, 2.75) is 44.8 Å². The molecule has 4 nitrogen and oxygen atoms in total. The molecule has 0 spiro atoms. The van der Waals surface area contributed by atoms with Gasteiger partial charge >= 0.3 is 0 Å². The van der Waals surface area contributed by atoms with Crippen molar-refractivity contribution in [1.29, 1.82) is 0 Å². The topological polar surface area (TPSA) is 69.9 Å². The molecule has 5 heteroatoms. The number of rotatable bonds is 9. The van der Waals surface area contributed by atoms with Crippen molar-refractivity contribution in [3.8, 4) is 0 Å². The Morgan fingerprint density at radius 1 is 0.857 bits per heavy atom. The fraction of sp³-hybridized carbons (Fsp3) is 0.478. The maximum Gasteiger partial charge on any atom is 0.261 e. The van der Waals surface area contributed by atoms with E-state index >= 15 is 0 Å². The molecule has 0 bridgehead atoms. The zero-order valence-corrected chi connectivity index (χ0v) is 18.4. The maximum absolute atomic E-state index is 10.3. The highest BCUT2D eigenvalue weighted by molar-refractivity contribution is 6.99. The number of aliphatic hydroxyl groups is 3. The molecule has 0 unspecified atom stereocenters. The zero-order valence-electron chi connectivity index (χ0n) is 17.4. The average molecular weight is 403 g/mol. The van der Waals surface area contributed by atoms with E-state index in [2.05, 4.69) is 69.3 Å². The average Bonchev–Trinajstić information content (AvgIpc) is 2.69. The predicted octanol–water partition coefficient (Wildman–Crippen LogP) is 2.30. The van der Waals surface area contributed by atoms with Crippen LogP contribution in [0, 0.1) is 5.92 Å². The minimum absolute atomic E-state index is 0.0223. The molecule has 0 amide bonds. The van der Waals surface area contributed by atoms with Crippen LogP contribution in [0.3, 0.4) is 0 Å². The predicted molar refractivity (Wildman–Crippen MR) is 116 cm³/mol.